The highest BCUT2D eigenvalue weighted by molar-refractivity contribution is 7.99. The number of carbonyl (C=O) groups is 1. The Bertz CT molecular complexity index is 166. The molecule has 0 aromatic rings. The maximum atomic E-state index is 10.3. The Morgan fingerprint density at radius 1 is 1.38 bits per heavy atom. The first-order chi connectivity index (χ1) is 6.20. The summed E-state index contributed by atoms with van der Waals surface area (Å²) in [5.74, 6) is -0.775. The van der Waals surface area contributed by atoms with Gasteiger partial charge in [-0.2, -0.15) is 11.8 Å². The average Bonchev–Trinajstić information content (AvgIpc) is 2.15. The lowest BCUT2D eigenvalue weighted by atomic mass is 10.0. The van der Waals surface area contributed by atoms with E-state index in [0.29, 0.717) is 11.0 Å². The van der Waals surface area contributed by atoms with Gasteiger partial charge >= 0.3 is 5.97 Å². The van der Waals surface area contributed by atoms with Gasteiger partial charge in [0.25, 0.3) is 0 Å². The van der Waals surface area contributed by atoms with Crippen molar-refractivity contribution in [3.05, 3.63) is 0 Å². The van der Waals surface area contributed by atoms with Crippen LogP contribution in [0.2, 0.25) is 0 Å². The number of carboxylic acids is 1. The van der Waals surface area contributed by atoms with E-state index in [1.807, 2.05) is 0 Å². The number of aliphatic hydroxyl groups excluding tert-OH is 1. The quantitative estimate of drug-likeness (QED) is 0.728. The highest BCUT2D eigenvalue weighted by atomic mass is 32.2. The number of aliphatic carboxylic acids is 1. The van der Waals surface area contributed by atoms with Crippen LogP contribution in [0, 0.1) is 0 Å². The van der Waals surface area contributed by atoms with Gasteiger partial charge < -0.3 is 10.2 Å². The fraction of sp³-hybridized carbons (Fsp3) is 0.889. The molecule has 0 aliphatic heterocycles. The molecule has 0 heterocycles. The van der Waals surface area contributed by atoms with Crippen LogP contribution in [0.4, 0.5) is 0 Å². The van der Waals surface area contributed by atoms with Gasteiger partial charge in [-0.3, -0.25) is 0 Å². The molecule has 76 valence electrons. The maximum absolute atomic E-state index is 10.3. The van der Waals surface area contributed by atoms with E-state index >= 15 is 0 Å². The van der Waals surface area contributed by atoms with E-state index < -0.39 is 12.1 Å². The third kappa shape index (κ3) is 4.00. The number of hydrogen-bond donors (Lipinski definition) is 2. The van der Waals surface area contributed by atoms with E-state index in [1.165, 1.54) is 32.1 Å². The van der Waals surface area contributed by atoms with Crippen molar-refractivity contribution in [3.8, 4) is 0 Å². The zero-order valence-corrected chi connectivity index (χ0v) is 8.42. The minimum atomic E-state index is -1.19. The highest BCUT2D eigenvalue weighted by Crippen LogP contribution is 2.28. The molecule has 0 spiro atoms. The van der Waals surface area contributed by atoms with Crippen molar-refractivity contribution in [1.29, 1.82) is 0 Å². The first kappa shape index (κ1) is 10.9. The predicted molar refractivity (Wildman–Crippen MR) is 53.0 cm³/mol. The Morgan fingerprint density at radius 3 is 2.54 bits per heavy atom. The molecule has 0 unspecified atom stereocenters. The number of hydrogen-bond acceptors (Lipinski definition) is 3. The van der Waals surface area contributed by atoms with Crippen molar-refractivity contribution >= 4 is 17.7 Å². The number of carboxylic acid groups (broad SMARTS) is 1. The fourth-order valence-corrected chi connectivity index (χ4v) is 2.79. The highest BCUT2D eigenvalue weighted by Gasteiger charge is 2.18. The minimum absolute atomic E-state index is 0.333. The molecule has 0 radical (unpaired) electrons. The van der Waals surface area contributed by atoms with Crippen molar-refractivity contribution < 1.29 is 15.0 Å². The minimum Gasteiger partial charge on any atom is -0.479 e. The lowest BCUT2D eigenvalue weighted by Crippen LogP contribution is -2.23. The van der Waals surface area contributed by atoms with Crippen LogP contribution in [0.15, 0.2) is 0 Å². The van der Waals surface area contributed by atoms with Crippen LogP contribution >= 0.6 is 11.8 Å². The summed E-state index contributed by atoms with van der Waals surface area (Å²) < 4.78 is 0. The van der Waals surface area contributed by atoms with Gasteiger partial charge in [-0.1, -0.05) is 19.3 Å². The first-order valence-electron chi connectivity index (χ1n) is 4.72. The topological polar surface area (TPSA) is 57.5 Å². The molecule has 0 bridgehead atoms. The summed E-state index contributed by atoms with van der Waals surface area (Å²) in [6, 6.07) is 0. The summed E-state index contributed by atoms with van der Waals surface area (Å²) in [4.78, 5) is 10.3. The van der Waals surface area contributed by atoms with Gasteiger partial charge in [0.2, 0.25) is 0 Å². The molecular weight excluding hydrogens is 188 g/mol. The second kappa shape index (κ2) is 5.50. The Hall–Kier alpha value is -0.220. The van der Waals surface area contributed by atoms with Crippen molar-refractivity contribution in [1.82, 2.24) is 0 Å². The SMILES string of the molecule is O=C(O)[C@@H](O)CSC1CCCCC1. The molecule has 0 amide bonds. The van der Waals surface area contributed by atoms with Gasteiger partial charge in [0.05, 0.1) is 0 Å². The Morgan fingerprint density at radius 2 is 2.00 bits per heavy atom. The standard InChI is InChI=1S/C9H16O3S/c10-8(9(11)12)6-13-7-4-2-1-3-5-7/h7-8,10H,1-6H2,(H,11,12)/t8-/m0/s1. The third-order valence-corrected chi connectivity index (χ3v) is 3.78. The first-order valence-corrected chi connectivity index (χ1v) is 5.77. The summed E-state index contributed by atoms with van der Waals surface area (Å²) in [6.07, 6.45) is 4.97. The van der Waals surface area contributed by atoms with Crippen LogP contribution in [-0.4, -0.2) is 33.3 Å². The van der Waals surface area contributed by atoms with Crippen LogP contribution in [0.1, 0.15) is 32.1 Å². The summed E-state index contributed by atoms with van der Waals surface area (Å²) in [7, 11) is 0. The zero-order valence-electron chi connectivity index (χ0n) is 7.61. The fourth-order valence-electron chi connectivity index (χ4n) is 1.53. The zero-order chi connectivity index (χ0) is 9.68. The van der Waals surface area contributed by atoms with Crippen LogP contribution in [0.3, 0.4) is 0 Å². The van der Waals surface area contributed by atoms with E-state index in [9.17, 15) is 4.79 Å². The van der Waals surface area contributed by atoms with E-state index in [2.05, 4.69) is 0 Å². The van der Waals surface area contributed by atoms with Crippen LogP contribution in [0.5, 0.6) is 0 Å². The van der Waals surface area contributed by atoms with Gasteiger partial charge in [0, 0.05) is 11.0 Å². The van der Waals surface area contributed by atoms with Crippen LogP contribution in [0.25, 0.3) is 0 Å². The lowest BCUT2D eigenvalue weighted by Gasteiger charge is -2.21. The van der Waals surface area contributed by atoms with E-state index in [-0.39, 0.29) is 0 Å². The molecule has 1 atom stereocenters. The van der Waals surface area contributed by atoms with Crippen molar-refractivity contribution in [2.45, 2.75) is 43.5 Å². The summed E-state index contributed by atoms with van der Waals surface area (Å²) in [5.41, 5.74) is 0. The summed E-state index contributed by atoms with van der Waals surface area (Å²) >= 11 is 1.60. The van der Waals surface area contributed by atoms with Gasteiger partial charge in [-0.25, -0.2) is 4.79 Å². The maximum Gasteiger partial charge on any atom is 0.333 e. The number of rotatable bonds is 4. The molecule has 4 heteroatoms. The smallest absolute Gasteiger partial charge is 0.333 e. The molecule has 1 aliphatic carbocycles. The number of thioether (sulfide) groups is 1. The van der Waals surface area contributed by atoms with Gasteiger partial charge in [-0.15, -0.1) is 0 Å². The summed E-state index contributed by atoms with van der Waals surface area (Å²) in [5, 5.41) is 18.1. The van der Waals surface area contributed by atoms with Gasteiger partial charge in [-0.05, 0) is 12.8 Å². The molecule has 3 nitrogen and oxygen atoms in total. The van der Waals surface area contributed by atoms with E-state index in [4.69, 9.17) is 10.2 Å². The Kier molecular flexibility index (Phi) is 4.59. The van der Waals surface area contributed by atoms with Gasteiger partial charge in [0.1, 0.15) is 0 Å². The molecular formula is C9H16O3S. The summed E-state index contributed by atoms with van der Waals surface area (Å²) in [6.45, 7) is 0. The molecule has 1 fully saturated rings. The van der Waals surface area contributed by atoms with Gasteiger partial charge in [0.15, 0.2) is 6.10 Å². The van der Waals surface area contributed by atoms with Crippen LogP contribution in [-0.2, 0) is 4.79 Å². The Labute approximate surface area is 82.5 Å². The normalized spacial score (nSPS) is 21.3. The van der Waals surface area contributed by atoms with Crippen LogP contribution < -0.4 is 0 Å². The predicted octanol–water partition coefficient (Wildman–Crippen LogP) is 1.50. The van der Waals surface area contributed by atoms with E-state index in [0.717, 1.165) is 0 Å². The van der Waals surface area contributed by atoms with Crippen molar-refractivity contribution in [2.75, 3.05) is 5.75 Å². The molecule has 2 N–H and O–H groups in total. The van der Waals surface area contributed by atoms with E-state index in [1.54, 1.807) is 11.8 Å². The molecule has 1 rings (SSSR count). The second-order valence-electron chi connectivity index (χ2n) is 3.45. The number of aliphatic hydroxyl groups is 1. The molecule has 0 aromatic heterocycles. The molecule has 1 aliphatic rings. The molecule has 1 saturated carbocycles. The lowest BCUT2D eigenvalue weighted by molar-refractivity contribution is -0.145. The second-order valence-corrected chi connectivity index (χ2v) is 4.78. The molecule has 0 aromatic carbocycles. The third-order valence-electron chi connectivity index (χ3n) is 2.33. The monoisotopic (exact) mass is 204 g/mol. The largest absolute Gasteiger partial charge is 0.479 e. The van der Waals surface area contributed by atoms with Crippen molar-refractivity contribution in [3.63, 3.8) is 0 Å². The van der Waals surface area contributed by atoms with Crippen molar-refractivity contribution in [2.24, 2.45) is 0 Å². The molecule has 0 saturated heterocycles. The average molecular weight is 204 g/mol. The molecule has 13 heavy (non-hydrogen) atoms. The Balaban J connectivity index is 2.13.